The third-order valence-electron chi connectivity index (χ3n) is 6.02. The number of anilines is 2. The quantitative estimate of drug-likeness (QED) is 0.741. The number of hydrogen-bond donors (Lipinski definition) is 1. The average molecular weight is 427 g/mol. The maximum absolute atomic E-state index is 12.8. The van der Waals surface area contributed by atoms with E-state index >= 15 is 0 Å². The Labute approximate surface area is 184 Å². The van der Waals surface area contributed by atoms with Crippen molar-refractivity contribution in [3.63, 3.8) is 0 Å². The molecule has 2 aliphatic heterocycles. The zero-order valence-electron chi connectivity index (χ0n) is 17.5. The van der Waals surface area contributed by atoms with E-state index in [2.05, 4.69) is 39.4 Å². The van der Waals surface area contributed by atoms with Gasteiger partial charge in [0.1, 0.15) is 0 Å². The molecule has 0 saturated carbocycles. The Kier molecular flexibility index (Phi) is 7.13. The van der Waals surface area contributed by atoms with Crippen molar-refractivity contribution in [1.29, 1.82) is 0 Å². The summed E-state index contributed by atoms with van der Waals surface area (Å²) in [7, 11) is 0. The number of benzene rings is 2. The highest BCUT2D eigenvalue weighted by molar-refractivity contribution is 6.33. The number of carbonyl (C=O) groups excluding carboxylic acids is 1. The molecule has 4 rings (SSSR count). The topological polar surface area (TPSA) is 38.8 Å². The number of nitrogens with zero attached hydrogens (tertiary/aromatic N) is 3. The van der Waals surface area contributed by atoms with Crippen molar-refractivity contribution in [2.24, 2.45) is 0 Å². The molecule has 30 heavy (non-hydrogen) atoms. The van der Waals surface area contributed by atoms with Gasteiger partial charge in [0.15, 0.2) is 0 Å². The Hall–Kier alpha value is -2.24. The van der Waals surface area contributed by atoms with E-state index < -0.39 is 0 Å². The number of hydrogen-bond acceptors (Lipinski definition) is 3. The lowest BCUT2D eigenvalue weighted by Crippen LogP contribution is -2.38. The minimum absolute atomic E-state index is 0.0432. The van der Waals surface area contributed by atoms with Gasteiger partial charge in [0, 0.05) is 51.5 Å². The van der Waals surface area contributed by atoms with Crippen LogP contribution in [0.5, 0.6) is 0 Å². The Bertz CT molecular complexity index is 838. The first-order valence-electron chi connectivity index (χ1n) is 11.1. The lowest BCUT2D eigenvalue weighted by molar-refractivity contribution is 0.211. The van der Waals surface area contributed by atoms with E-state index in [9.17, 15) is 4.79 Å². The van der Waals surface area contributed by atoms with E-state index in [1.54, 1.807) is 0 Å². The van der Waals surface area contributed by atoms with E-state index in [0.717, 1.165) is 63.6 Å². The fourth-order valence-electron chi connectivity index (χ4n) is 4.35. The minimum atomic E-state index is -0.0432. The molecule has 2 heterocycles. The van der Waals surface area contributed by atoms with Gasteiger partial charge in [-0.2, -0.15) is 0 Å². The van der Waals surface area contributed by atoms with Crippen LogP contribution in [0.1, 0.15) is 31.2 Å². The second kappa shape index (κ2) is 10.2. The van der Waals surface area contributed by atoms with Gasteiger partial charge in [-0.25, -0.2) is 4.79 Å². The summed E-state index contributed by atoms with van der Waals surface area (Å²) in [4.78, 5) is 19.5. The lowest BCUT2D eigenvalue weighted by Gasteiger charge is -2.29. The highest BCUT2D eigenvalue weighted by atomic mass is 35.5. The van der Waals surface area contributed by atoms with E-state index in [1.165, 1.54) is 24.8 Å². The third-order valence-corrected chi connectivity index (χ3v) is 6.32. The summed E-state index contributed by atoms with van der Waals surface area (Å²) in [5.41, 5.74) is 3.15. The van der Waals surface area contributed by atoms with Crippen LogP contribution in [0.15, 0.2) is 48.5 Å². The number of carbonyl (C=O) groups is 1. The van der Waals surface area contributed by atoms with Gasteiger partial charge in [0.2, 0.25) is 0 Å². The zero-order valence-corrected chi connectivity index (χ0v) is 18.3. The molecule has 2 amide bonds. The summed E-state index contributed by atoms with van der Waals surface area (Å²) in [6, 6.07) is 16.4. The normalized spacial score (nSPS) is 18.2. The van der Waals surface area contributed by atoms with Crippen LogP contribution in [-0.4, -0.2) is 55.1 Å². The van der Waals surface area contributed by atoms with Gasteiger partial charge in [-0.15, -0.1) is 0 Å². The number of piperidine rings is 1. The van der Waals surface area contributed by atoms with Gasteiger partial charge >= 0.3 is 6.03 Å². The maximum atomic E-state index is 12.8. The van der Waals surface area contributed by atoms with Crippen LogP contribution in [0.25, 0.3) is 0 Å². The molecule has 160 valence electrons. The molecule has 0 radical (unpaired) electrons. The number of urea groups is 1. The van der Waals surface area contributed by atoms with E-state index in [-0.39, 0.29) is 6.03 Å². The summed E-state index contributed by atoms with van der Waals surface area (Å²) in [5.74, 6) is 0. The summed E-state index contributed by atoms with van der Waals surface area (Å²) < 4.78 is 0. The van der Waals surface area contributed by atoms with Crippen LogP contribution in [-0.2, 0) is 6.54 Å². The van der Waals surface area contributed by atoms with Gasteiger partial charge < -0.3 is 15.1 Å². The number of nitrogens with one attached hydrogen (secondary N) is 1. The third kappa shape index (κ3) is 5.46. The molecule has 2 aromatic carbocycles. The minimum Gasteiger partial charge on any atom is -0.370 e. The van der Waals surface area contributed by atoms with Gasteiger partial charge in [-0.05, 0) is 49.4 Å². The van der Waals surface area contributed by atoms with Crippen molar-refractivity contribution < 1.29 is 4.79 Å². The molecule has 1 N–H and O–H groups in total. The molecule has 6 heteroatoms. The van der Waals surface area contributed by atoms with Gasteiger partial charge in [-0.3, -0.25) is 4.90 Å². The second-order valence-corrected chi connectivity index (χ2v) is 8.65. The first-order chi connectivity index (χ1) is 14.7. The highest BCUT2D eigenvalue weighted by Gasteiger charge is 2.20. The van der Waals surface area contributed by atoms with Crippen molar-refractivity contribution in [3.05, 3.63) is 59.1 Å². The summed E-state index contributed by atoms with van der Waals surface area (Å²) in [6.07, 6.45) is 4.70. The molecule has 2 fully saturated rings. The van der Waals surface area contributed by atoms with Crippen molar-refractivity contribution in [2.75, 3.05) is 49.5 Å². The van der Waals surface area contributed by atoms with Crippen LogP contribution >= 0.6 is 11.6 Å². The van der Waals surface area contributed by atoms with Crippen molar-refractivity contribution >= 4 is 29.0 Å². The van der Waals surface area contributed by atoms with Crippen LogP contribution in [0.2, 0.25) is 5.02 Å². The molecule has 0 unspecified atom stereocenters. The predicted octanol–water partition coefficient (Wildman–Crippen LogP) is 5.07. The van der Waals surface area contributed by atoms with Crippen LogP contribution in [0, 0.1) is 0 Å². The van der Waals surface area contributed by atoms with Crippen LogP contribution < -0.4 is 10.2 Å². The Morgan fingerprint density at radius 3 is 2.43 bits per heavy atom. The fourth-order valence-corrected chi connectivity index (χ4v) is 4.65. The first-order valence-corrected chi connectivity index (χ1v) is 11.4. The highest BCUT2D eigenvalue weighted by Crippen LogP contribution is 2.31. The molecule has 2 saturated heterocycles. The van der Waals surface area contributed by atoms with Crippen LogP contribution in [0.3, 0.4) is 0 Å². The number of rotatable bonds is 4. The molecule has 2 aromatic rings. The largest absolute Gasteiger partial charge is 0.370 e. The maximum Gasteiger partial charge on any atom is 0.321 e. The molecular formula is C24H31ClN4O. The van der Waals surface area contributed by atoms with Gasteiger partial charge in [0.05, 0.1) is 10.7 Å². The summed E-state index contributed by atoms with van der Waals surface area (Å²) in [6.45, 7) is 6.45. The molecule has 0 aromatic heterocycles. The molecule has 0 atom stereocenters. The smallest absolute Gasteiger partial charge is 0.321 e. The molecule has 0 spiro atoms. The van der Waals surface area contributed by atoms with Crippen molar-refractivity contribution in [1.82, 2.24) is 9.80 Å². The van der Waals surface area contributed by atoms with E-state index in [4.69, 9.17) is 11.6 Å². The first kappa shape index (κ1) is 21.0. The second-order valence-electron chi connectivity index (χ2n) is 8.25. The zero-order chi connectivity index (χ0) is 20.8. The van der Waals surface area contributed by atoms with Crippen molar-refractivity contribution in [3.8, 4) is 0 Å². The van der Waals surface area contributed by atoms with Crippen molar-refractivity contribution in [2.45, 2.75) is 32.2 Å². The van der Waals surface area contributed by atoms with Gasteiger partial charge in [-0.1, -0.05) is 41.9 Å². The predicted molar refractivity (Wildman–Crippen MR) is 124 cm³/mol. The van der Waals surface area contributed by atoms with Crippen LogP contribution in [0.4, 0.5) is 16.2 Å². The monoisotopic (exact) mass is 426 g/mol. The molecular weight excluding hydrogens is 396 g/mol. The summed E-state index contributed by atoms with van der Waals surface area (Å²) >= 11 is 6.54. The molecule has 5 nitrogen and oxygen atoms in total. The number of amides is 2. The Balaban J connectivity index is 1.32. The summed E-state index contributed by atoms with van der Waals surface area (Å²) in [5, 5.41) is 3.75. The fraction of sp³-hybridized carbons (Fsp3) is 0.458. The van der Waals surface area contributed by atoms with E-state index in [1.807, 2.05) is 29.2 Å². The molecule has 2 aliphatic rings. The molecule has 0 bridgehead atoms. The Morgan fingerprint density at radius 1 is 0.867 bits per heavy atom. The van der Waals surface area contributed by atoms with Gasteiger partial charge in [0.25, 0.3) is 0 Å². The lowest BCUT2D eigenvalue weighted by atomic mass is 10.1. The number of halogens is 1. The average Bonchev–Trinajstić information content (AvgIpc) is 3.01. The SMILES string of the molecule is O=C(Nc1ccc(N2CCCCC2)c(Cl)c1)N1CCCN(Cc2ccccc2)CC1. The molecule has 0 aliphatic carbocycles. The standard InChI is InChI=1S/C24H31ClN4O/c25-22-18-21(10-11-23(22)28-13-5-2-6-14-28)26-24(30)29-15-7-12-27(16-17-29)19-20-8-3-1-4-9-20/h1,3-4,8-11,18H,2,5-7,12-17,19H2,(H,26,30). The van der Waals surface area contributed by atoms with E-state index in [0.29, 0.717) is 5.02 Å². The Morgan fingerprint density at radius 2 is 1.67 bits per heavy atom.